The molecule has 1 unspecified atom stereocenters. The molecule has 0 aliphatic carbocycles. The summed E-state index contributed by atoms with van der Waals surface area (Å²) in [6.07, 6.45) is 4.49. The van der Waals surface area contributed by atoms with Gasteiger partial charge in [-0.2, -0.15) is 4.73 Å². The Kier molecular flexibility index (Phi) is 6.42. The summed E-state index contributed by atoms with van der Waals surface area (Å²) in [5, 5.41) is 3.53. The van der Waals surface area contributed by atoms with Crippen LogP contribution in [0.4, 0.5) is 9.52 Å². The molecular weight excluding hydrogens is 510 g/mol. The van der Waals surface area contributed by atoms with Gasteiger partial charge in [-0.15, -0.1) is 0 Å². The molecule has 1 atom stereocenters. The normalized spacial score (nSPS) is 12.0. The summed E-state index contributed by atoms with van der Waals surface area (Å²) >= 11 is 13.7. The van der Waals surface area contributed by atoms with Gasteiger partial charge >= 0.3 is 0 Å². The van der Waals surface area contributed by atoms with Gasteiger partial charge in [0.25, 0.3) is 5.91 Å². The molecule has 35 heavy (non-hydrogen) atoms. The summed E-state index contributed by atoms with van der Waals surface area (Å²) in [7, 11) is 0. The molecular formula is C25H17Cl2FN4O2S. The third-order valence-corrected chi connectivity index (χ3v) is 6.98. The molecule has 1 N–H and O–H groups in total. The van der Waals surface area contributed by atoms with Crippen LogP contribution in [0.15, 0.2) is 73.2 Å². The van der Waals surface area contributed by atoms with E-state index in [1.807, 2.05) is 12.1 Å². The van der Waals surface area contributed by atoms with Crippen molar-refractivity contribution in [2.24, 2.45) is 0 Å². The van der Waals surface area contributed by atoms with Crippen LogP contribution in [0.2, 0.25) is 10.0 Å². The molecule has 0 saturated heterocycles. The van der Waals surface area contributed by atoms with Crippen LogP contribution in [0.5, 0.6) is 0 Å². The van der Waals surface area contributed by atoms with Crippen molar-refractivity contribution in [1.29, 1.82) is 0 Å². The number of hydrogen-bond acceptors (Lipinski definition) is 5. The summed E-state index contributed by atoms with van der Waals surface area (Å²) in [6.45, 7) is 1.74. The minimum atomic E-state index is -0.631. The first-order valence-electron chi connectivity index (χ1n) is 10.5. The lowest BCUT2D eigenvalue weighted by Gasteiger charge is -2.18. The van der Waals surface area contributed by atoms with Gasteiger partial charge in [0.2, 0.25) is 0 Å². The monoisotopic (exact) mass is 526 g/mol. The number of halogens is 3. The molecule has 0 bridgehead atoms. The lowest BCUT2D eigenvalue weighted by atomic mass is 10.1. The van der Waals surface area contributed by atoms with Gasteiger partial charge in [-0.3, -0.25) is 15.1 Å². The smallest absolute Gasteiger partial charge is 0.257 e. The van der Waals surface area contributed by atoms with E-state index in [1.165, 1.54) is 23.5 Å². The Morgan fingerprint density at radius 1 is 1.11 bits per heavy atom. The van der Waals surface area contributed by atoms with Crippen LogP contribution in [0.25, 0.3) is 21.5 Å². The number of rotatable bonds is 6. The number of carbonyl (C=O) groups excluding carboxylic acids is 1. The number of hydrogen-bond donors (Lipinski definition) is 1. The Bertz CT molecular complexity index is 1540. The van der Waals surface area contributed by atoms with Crippen molar-refractivity contribution in [2.75, 3.05) is 5.32 Å². The third-order valence-electron chi connectivity index (χ3n) is 5.31. The molecule has 5 rings (SSSR count). The molecule has 0 aliphatic heterocycles. The molecule has 0 spiro atoms. The molecule has 10 heteroatoms. The molecule has 0 saturated carbocycles. The van der Waals surface area contributed by atoms with Crippen molar-refractivity contribution < 1.29 is 14.0 Å². The Morgan fingerprint density at radius 2 is 1.91 bits per heavy atom. The van der Waals surface area contributed by atoms with Crippen molar-refractivity contribution in [3.05, 3.63) is 100 Å². The number of amides is 1. The Hall–Kier alpha value is -3.46. The molecule has 5 aromatic rings. The van der Waals surface area contributed by atoms with Gasteiger partial charge in [-0.25, -0.2) is 9.37 Å². The van der Waals surface area contributed by atoms with Crippen LogP contribution in [-0.4, -0.2) is 20.6 Å². The van der Waals surface area contributed by atoms with E-state index in [1.54, 1.807) is 60.6 Å². The van der Waals surface area contributed by atoms with E-state index < -0.39 is 11.9 Å². The summed E-state index contributed by atoms with van der Waals surface area (Å²) in [5.41, 5.74) is 3.12. The minimum absolute atomic E-state index is 0.0741. The van der Waals surface area contributed by atoms with Gasteiger partial charge < -0.3 is 4.84 Å². The van der Waals surface area contributed by atoms with Crippen LogP contribution >= 0.6 is 34.5 Å². The lowest BCUT2D eigenvalue weighted by molar-refractivity contribution is 0.0562. The second kappa shape index (κ2) is 9.65. The zero-order chi connectivity index (χ0) is 24.5. The molecule has 176 valence electrons. The zero-order valence-corrected chi connectivity index (χ0v) is 20.5. The highest BCUT2D eigenvalue weighted by Crippen LogP contribution is 2.34. The fourth-order valence-electron chi connectivity index (χ4n) is 3.58. The first-order chi connectivity index (χ1) is 16.9. The average Bonchev–Trinajstić information content (AvgIpc) is 3.49. The van der Waals surface area contributed by atoms with Crippen LogP contribution in [0.1, 0.15) is 28.9 Å². The Morgan fingerprint density at radius 3 is 2.71 bits per heavy atom. The number of thiazole rings is 1. The van der Waals surface area contributed by atoms with Crippen LogP contribution < -0.4 is 10.2 Å². The maximum atomic E-state index is 14.0. The number of nitrogens with zero attached hydrogens (tertiary/aromatic N) is 3. The first-order valence-corrected chi connectivity index (χ1v) is 12.1. The van der Waals surface area contributed by atoms with Crippen LogP contribution in [-0.2, 0) is 0 Å². The van der Waals surface area contributed by atoms with E-state index in [4.69, 9.17) is 28.0 Å². The highest BCUT2D eigenvalue weighted by molar-refractivity contribution is 7.19. The number of benzene rings is 2. The van der Waals surface area contributed by atoms with Gasteiger partial charge in [-0.1, -0.05) is 52.7 Å². The number of anilines is 1. The highest BCUT2D eigenvalue weighted by Gasteiger charge is 2.20. The average molecular weight is 527 g/mol. The predicted molar refractivity (Wildman–Crippen MR) is 137 cm³/mol. The summed E-state index contributed by atoms with van der Waals surface area (Å²) in [6, 6.07) is 15.3. The molecule has 0 radical (unpaired) electrons. The quantitative estimate of drug-likeness (QED) is 0.240. The van der Waals surface area contributed by atoms with Crippen molar-refractivity contribution in [3.63, 3.8) is 0 Å². The van der Waals surface area contributed by atoms with Gasteiger partial charge in [0.1, 0.15) is 11.3 Å². The summed E-state index contributed by atoms with van der Waals surface area (Å²) < 4.78 is 15.5. The Balaban J connectivity index is 1.39. The van der Waals surface area contributed by atoms with Gasteiger partial charge in [0.15, 0.2) is 11.2 Å². The van der Waals surface area contributed by atoms with Crippen molar-refractivity contribution in [1.82, 2.24) is 14.7 Å². The molecule has 1 amide bonds. The van der Waals surface area contributed by atoms with E-state index >= 15 is 0 Å². The number of aromatic nitrogens is 3. The third kappa shape index (κ3) is 4.73. The molecule has 0 aliphatic rings. The van der Waals surface area contributed by atoms with Gasteiger partial charge in [0.05, 0.1) is 15.4 Å². The Labute approximate surface area is 213 Å². The fourth-order valence-corrected chi connectivity index (χ4v) is 5.05. The van der Waals surface area contributed by atoms with E-state index in [0.717, 1.165) is 10.4 Å². The number of pyridine rings is 1. The maximum absolute atomic E-state index is 14.0. The van der Waals surface area contributed by atoms with Gasteiger partial charge in [0, 0.05) is 40.3 Å². The summed E-state index contributed by atoms with van der Waals surface area (Å²) in [4.78, 5) is 28.1. The topological polar surface area (TPSA) is 69.0 Å². The van der Waals surface area contributed by atoms with Crippen molar-refractivity contribution >= 4 is 56.6 Å². The largest absolute Gasteiger partial charge is 0.406 e. The van der Waals surface area contributed by atoms with E-state index in [-0.39, 0.29) is 10.9 Å². The van der Waals surface area contributed by atoms with E-state index in [9.17, 15) is 9.18 Å². The van der Waals surface area contributed by atoms with E-state index in [0.29, 0.717) is 32.3 Å². The molecule has 0 fully saturated rings. The summed E-state index contributed by atoms with van der Waals surface area (Å²) in [5.74, 6) is -0.797. The predicted octanol–water partition coefficient (Wildman–Crippen LogP) is 7.05. The maximum Gasteiger partial charge on any atom is 0.257 e. The standard InChI is InChI=1S/C25H17Cl2FN4O2S/c1-14(22-17(26)7-8-18(28)23(22)27)34-32-10-9-19-20(32)11-16(12-29-19)21-13-30-25(35-21)31-24(33)15-5-3-2-4-6-15/h2-14H,1H3,(H,30,31,33). The fraction of sp³-hybridized carbons (Fsp3) is 0.0800. The second-order valence-corrected chi connectivity index (χ2v) is 9.44. The van der Waals surface area contributed by atoms with Crippen LogP contribution in [0, 0.1) is 5.82 Å². The van der Waals surface area contributed by atoms with Crippen LogP contribution in [0.3, 0.4) is 0 Å². The lowest BCUT2D eigenvalue weighted by Crippen LogP contribution is -2.16. The second-order valence-electron chi connectivity index (χ2n) is 7.62. The SMILES string of the molecule is CC(On1ccc2ncc(-c3cnc(NC(=O)c4ccccc4)s3)cc21)c1c(Cl)ccc(F)c1Cl. The highest BCUT2D eigenvalue weighted by atomic mass is 35.5. The molecule has 6 nitrogen and oxygen atoms in total. The molecule has 2 aromatic carbocycles. The molecule has 3 heterocycles. The number of fused-ring (bicyclic) bond motifs is 1. The zero-order valence-electron chi connectivity index (χ0n) is 18.2. The first kappa shape index (κ1) is 23.3. The van der Waals surface area contributed by atoms with Crippen molar-refractivity contribution in [3.8, 4) is 10.4 Å². The number of nitrogens with one attached hydrogen (secondary N) is 1. The van der Waals surface area contributed by atoms with E-state index in [2.05, 4.69) is 15.3 Å². The van der Waals surface area contributed by atoms with Gasteiger partial charge in [-0.05, 0) is 43.3 Å². The minimum Gasteiger partial charge on any atom is -0.406 e. The molecule has 3 aromatic heterocycles. The van der Waals surface area contributed by atoms with Crippen molar-refractivity contribution in [2.45, 2.75) is 13.0 Å². The number of carbonyl (C=O) groups is 1.